The van der Waals surface area contributed by atoms with E-state index in [0.717, 1.165) is 37.5 Å². The molecule has 6 nitrogen and oxygen atoms in total. The molecule has 3 heterocycles. The molecular weight excluding hydrogens is 324 g/mol. The highest BCUT2D eigenvalue weighted by Crippen LogP contribution is 2.29. The summed E-state index contributed by atoms with van der Waals surface area (Å²) in [6.07, 6.45) is 0.568. The fourth-order valence-electron chi connectivity index (χ4n) is 2.60. The van der Waals surface area contributed by atoms with Crippen molar-refractivity contribution in [3.8, 4) is 0 Å². The van der Waals surface area contributed by atoms with E-state index in [1.165, 1.54) is 12.4 Å². The molecule has 0 spiro atoms. The van der Waals surface area contributed by atoms with Crippen LogP contribution >= 0.6 is 11.3 Å². The Morgan fingerprint density at radius 2 is 2.04 bits per heavy atom. The summed E-state index contributed by atoms with van der Waals surface area (Å²) in [6, 6.07) is 1.49. The second kappa shape index (κ2) is 7.14. The number of aromatic nitrogens is 3. The predicted molar refractivity (Wildman–Crippen MR) is 81.6 cm³/mol. The van der Waals surface area contributed by atoms with Gasteiger partial charge in [-0.1, -0.05) is 0 Å². The summed E-state index contributed by atoms with van der Waals surface area (Å²) in [4.78, 5) is 20.0. The van der Waals surface area contributed by atoms with Gasteiger partial charge in [0, 0.05) is 32.7 Å². The molecule has 3 rings (SSSR count). The van der Waals surface area contributed by atoms with Gasteiger partial charge in [0.1, 0.15) is 12.7 Å². The van der Waals surface area contributed by atoms with Gasteiger partial charge >= 0.3 is 0 Å². The maximum Gasteiger partial charge on any atom is 0.273 e. The van der Waals surface area contributed by atoms with Crippen molar-refractivity contribution >= 4 is 17.2 Å². The number of carbonyl (C=O) groups excluding carboxylic acids is 1. The second-order valence-corrected chi connectivity index (χ2v) is 6.24. The number of carbonyl (C=O) groups is 1. The third-order valence-electron chi connectivity index (χ3n) is 3.90. The topological polar surface area (TPSA) is 54.3 Å². The number of nitrogens with zero attached hydrogens (tertiary/aromatic N) is 5. The SMILES string of the molecule is O=C(c1ccsc1C(F)F)N1CCN(CCn2cncn2)CC1. The van der Waals surface area contributed by atoms with Crippen LogP contribution in [0.15, 0.2) is 24.1 Å². The van der Waals surface area contributed by atoms with Crippen LogP contribution in [0.4, 0.5) is 8.78 Å². The molecule has 23 heavy (non-hydrogen) atoms. The summed E-state index contributed by atoms with van der Waals surface area (Å²) in [6.45, 7) is 4.13. The van der Waals surface area contributed by atoms with Gasteiger partial charge in [-0.3, -0.25) is 14.4 Å². The molecular formula is C14H17F2N5OS. The molecule has 0 radical (unpaired) electrons. The van der Waals surface area contributed by atoms with Gasteiger partial charge in [-0.25, -0.2) is 13.8 Å². The Morgan fingerprint density at radius 1 is 1.26 bits per heavy atom. The molecule has 1 saturated heterocycles. The molecule has 0 bridgehead atoms. The first-order valence-electron chi connectivity index (χ1n) is 7.34. The maximum absolute atomic E-state index is 12.9. The first-order valence-corrected chi connectivity index (χ1v) is 8.22. The third-order valence-corrected chi connectivity index (χ3v) is 4.82. The highest BCUT2D eigenvalue weighted by atomic mass is 32.1. The van der Waals surface area contributed by atoms with Crippen molar-refractivity contribution in [3.05, 3.63) is 34.5 Å². The van der Waals surface area contributed by atoms with E-state index in [2.05, 4.69) is 15.0 Å². The predicted octanol–water partition coefficient (Wildman–Crippen LogP) is 1.74. The van der Waals surface area contributed by atoms with E-state index in [1.54, 1.807) is 21.3 Å². The van der Waals surface area contributed by atoms with Crippen LogP contribution < -0.4 is 0 Å². The van der Waals surface area contributed by atoms with Crippen LogP contribution in [0.25, 0.3) is 0 Å². The van der Waals surface area contributed by atoms with E-state index >= 15 is 0 Å². The van der Waals surface area contributed by atoms with Crippen LogP contribution in [0.1, 0.15) is 21.7 Å². The number of hydrogen-bond donors (Lipinski definition) is 0. The van der Waals surface area contributed by atoms with Crippen LogP contribution in [-0.4, -0.2) is 63.2 Å². The molecule has 0 unspecified atom stereocenters. The van der Waals surface area contributed by atoms with E-state index in [-0.39, 0.29) is 16.3 Å². The highest BCUT2D eigenvalue weighted by Gasteiger charge is 2.26. The first-order chi connectivity index (χ1) is 11.1. The van der Waals surface area contributed by atoms with E-state index in [4.69, 9.17) is 0 Å². The van der Waals surface area contributed by atoms with Gasteiger partial charge in [0.15, 0.2) is 0 Å². The molecule has 124 valence electrons. The van der Waals surface area contributed by atoms with Crippen LogP contribution in [-0.2, 0) is 6.54 Å². The molecule has 1 aliphatic heterocycles. The molecule has 0 atom stereocenters. The molecule has 2 aromatic rings. The fraction of sp³-hybridized carbons (Fsp3) is 0.500. The van der Waals surface area contributed by atoms with Crippen LogP contribution in [0.5, 0.6) is 0 Å². The lowest BCUT2D eigenvalue weighted by Crippen LogP contribution is -2.49. The quantitative estimate of drug-likeness (QED) is 0.831. The van der Waals surface area contributed by atoms with Crippen LogP contribution in [0.3, 0.4) is 0 Å². The van der Waals surface area contributed by atoms with Crippen molar-refractivity contribution < 1.29 is 13.6 Å². The lowest BCUT2D eigenvalue weighted by atomic mass is 10.2. The minimum atomic E-state index is -2.60. The summed E-state index contributed by atoms with van der Waals surface area (Å²) < 4.78 is 27.6. The van der Waals surface area contributed by atoms with Crippen molar-refractivity contribution in [2.75, 3.05) is 32.7 Å². The number of amides is 1. The number of halogens is 2. The van der Waals surface area contributed by atoms with Gasteiger partial charge in [-0.05, 0) is 11.4 Å². The zero-order chi connectivity index (χ0) is 16.2. The van der Waals surface area contributed by atoms with Crippen LogP contribution in [0.2, 0.25) is 0 Å². The lowest BCUT2D eigenvalue weighted by Gasteiger charge is -2.34. The van der Waals surface area contributed by atoms with Gasteiger partial charge in [0.25, 0.3) is 12.3 Å². The lowest BCUT2D eigenvalue weighted by molar-refractivity contribution is 0.0624. The Hall–Kier alpha value is -1.87. The van der Waals surface area contributed by atoms with Gasteiger partial charge in [0.05, 0.1) is 17.0 Å². The minimum Gasteiger partial charge on any atom is -0.336 e. The average Bonchev–Trinajstić information content (AvgIpc) is 3.24. The van der Waals surface area contributed by atoms with Crippen molar-refractivity contribution in [1.82, 2.24) is 24.6 Å². The molecule has 0 aromatic carbocycles. The molecule has 1 aliphatic rings. The van der Waals surface area contributed by atoms with Crippen molar-refractivity contribution in [1.29, 1.82) is 0 Å². The Bertz CT molecular complexity index is 637. The number of hydrogen-bond acceptors (Lipinski definition) is 5. The van der Waals surface area contributed by atoms with Crippen molar-refractivity contribution in [2.24, 2.45) is 0 Å². The normalized spacial score (nSPS) is 16.2. The molecule has 9 heteroatoms. The van der Waals surface area contributed by atoms with Crippen molar-refractivity contribution in [3.63, 3.8) is 0 Å². The molecule has 0 N–H and O–H groups in total. The zero-order valence-corrected chi connectivity index (χ0v) is 13.3. The number of thiophene rings is 1. The van der Waals surface area contributed by atoms with Crippen molar-refractivity contribution in [2.45, 2.75) is 13.0 Å². The minimum absolute atomic E-state index is 0.136. The average molecular weight is 341 g/mol. The monoisotopic (exact) mass is 341 g/mol. The van der Waals surface area contributed by atoms with E-state index in [9.17, 15) is 13.6 Å². The first kappa shape index (κ1) is 16.0. The Labute approximate surface area is 136 Å². The molecule has 0 aliphatic carbocycles. The van der Waals surface area contributed by atoms with Gasteiger partial charge in [0.2, 0.25) is 0 Å². The number of rotatable bonds is 5. The van der Waals surface area contributed by atoms with E-state index < -0.39 is 6.43 Å². The number of piperazine rings is 1. The highest BCUT2D eigenvalue weighted by molar-refractivity contribution is 7.10. The molecule has 1 amide bonds. The summed E-state index contributed by atoms with van der Waals surface area (Å²) in [5, 5.41) is 5.59. The second-order valence-electron chi connectivity index (χ2n) is 5.29. The Morgan fingerprint density at radius 3 is 2.70 bits per heavy atom. The number of alkyl halides is 2. The van der Waals surface area contributed by atoms with Gasteiger partial charge in [-0.2, -0.15) is 5.10 Å². The standard InChI is InChI=1S/C14H17F2N5OS/c15-13(16)12-11(1-8-23-12)14(22)20-5-2-19(3-6-20)4-7-21-10-17-9-18-21/h1,8-10,13H,2-7H2. The van der Waals surface area contributed by atoms with Gasteiger partial charge < -0.3 is 4.90 Å². The van der Waals surface area contributed by atoms with Gasteiger partial charge in [-0.15, -0.1) is 11.3 Å². The molecule has 2 aromatic heterocycles. The zero-order valence-electron chi connectivity index (χ0n) is 12.4. The Balaban J connectivity index is 1.52. The summed E-state index contributed by atoms with van der Waals surface area (Å²) in [7, 11) is 0. The smallest absolute Gasteiger partial charge is 0.273 e. The summed E-state index contributed by atoms with van der Waals surface area (Å²) in [5.74, 6) is -0.294. The summed E-state index contributed by atoms with van der Waals surface area (Å²) >= 11 is 0.934. The fourth-order valence-corrected chi connectivity index (χ4v) is 3.34. The largest absolute Gasteiger partial charge is 0.336 e. The Kier molecular flexibility index (Phi) is 4.97. The molecule has 0 saturated carbocycles. The maximum atomic E-state index is 12.9. The summed E-state index contributed by atoms with van der Waals surface area (Å²) in [5.41, 5.74) is 0.140. The van der Waals surface area contributed by atoms with E-state index in [1.807, 2.05) is 0 Å². The van der Waals surface area contributed by atoms with E-state index in [0.29, 0.717) is 13.1 Å². The third kappa shape index (κ3) is 3.73. The molecule has 1 fully saturated rings. The van der Waals surface area contributed by atoms with Crippen LogP contribution in [0, 0.1) is 0 Å².